The lowest BCUT2D eigenvalue weighted by Gasteiger charge is -2.40. The van der Waals surface area contributed by atoms with Crippen molar-refractivity contribution in [1.29, 1.82) is 0 Å². The molecule has 4 rings (SSSR count). The third-order valence-electron chi connectivity index (χ3n) is 6.44. The molecule has 5 nitrogen and oxygen atoms in total. The van der Waals surface area contributed by atoms with E-state index < -0.39 is 11.6 Å². The third kappa shape index (κ3) is 6.87. The Morgan fingerprint density at radius 2 is 1.46 bits per heavy atom. The van der Waals surface area contributed by atoms with Gasteiger partial charge >= 0.3 is 5.97 Å². The molecule has 4 aromatic carbocycles. The van der Waals surface area contributed by atoms with E-state index in [-0.39, 0.29) is 12.6 Å². The standard InChI is InChI=1S/C34H34N2O3/c1-3-25-35-34(33(37)38-2,29-19-11-6-12-20-29)32(28-17-9-5-10-18-28)36-30-21-23-31(24-22-30)39-26-13-16-27-14-7-4-8-15-27/h4-12,14-15,17-24,32,35-36H,3,25-26H2,1-2H3/t32-,34-/m0/s1. The Balaban J connectivity index is 1.63. The Morgan fingerprint density at radius 3 is 2.08 bits per heavy atom. The summed E-state index contributed by atoms with van der Waals surface area (Å²) in [6, 6.07) is 36.8. The molecule has 2 N–H and O–H groups in total. The summed E-state index contributed by atoms with van der Waals surface area (Å²) in [5, 5.41) is 7.18. The molecule has 0 aliphatic rings. The van der Waals surface area contributed by atoms with Gasteiger partial charge in [-0.3, -0.25) is 5.32 Å². The van der Waals surface area contributed by atoms with Crippen molar-refractivity contribution in [2.75, 3.05) is 25.6 Å². The summed E-state index contributed by atoms with van der Waals surface area (Å²) in [6.45, 7) is 2.99. The van der Waals surface area contributed by atoms with Gasteiger partial charge in [0.05, 0.1) is 13.2 Å². The molecule has 0 aliphatic carbocycles. The van der Waals surface area contributed by atoms with Crippen LogP contribution in [-0.4, -0.2) is 26.2 Å². The molecule has 198 valence electrons. The van der Waals surface area contributed by atoms with Crippen LogP contribution < -0.4 is 15.4 Å². The minimum Gasteiger partial charge on any atom is -0.481 e. The first-order chi connectivity index (χ1) is 19.2. The number of nitrogens with one attached hydrogen (secondary N) is 2. The van der Waals surface area contributed by atoms with Crippen LogP contribution in [0.5, 0.6) is 5.75 Å². The van der Waals surface area contributed by atoms with Crippen LogP contribution in [0.1, 0.15) is 36.1 Å². The summed E-state index contributed by atoms with van der Waals surface area (Å²) in [4.78, 5) is 13.7. The third-order valence-corrected chi connectivity index (χ3v) is 6.44. The molecule has 0 heterocycles. The van der Waals surface area contributed by atoms with Gasteiger partial charge in [-0.1, -0.05) is 97.6 Å². The van der Waals surface area contributed by atoms with Crippen LogP contribution in [-0.2, 0) is 15.1 Å². The van der Waals surface area contributed by atoms with Crippen LogP contribution in [0, 0.1) is 11.8 Å². The number of anilines is 1. The molecule has 0 radical (unpaired) electrons. The van der Waals surface area contributed by atoms with Crippen molar-refractivity contribution in [2.24, 2.45) is 0 Å². The molecule has 0 spiro atoms. The van der Waals surface area contributed by atoms with Crippen LogP contribution in [0.25, 0.3) is 0 Å². The smallest absolute Gasteiger partial charge is 0.333 e. The van der Waals surface area contributed by atoms with Crippen molar-refractivity contribution >= 4 is 11.7 Å². The molecule has 5 heteroatoms. The molecule has 0 fully saturated rings. The lowest BCUT2D eigenvalue weighted by Crippen LogP contribution is -2.56. The summed E-state index contributed by atoms with van der Waals surface area (Å²) in [5.41, 5.74) is 2.40. The zero-order chi connectivity index (χ0) is 27.3. The zero-order valence-corrected chi connectivity index (χ0v) is 22.4. The normalized spacial score (nSPS) is 12.8. The van der Waals surface area contributed by atoms with Gasteiger partial charge in [-0.25, -0.2) is 4.79 Å². The van der Waals surface area contributed by atoms with E-state index in [1.807, 2.05) is 115 Å². The largest absolute Gasteiger partial charge is 0.481 e. The number of carbonyl (C=O) groups is 1. The number of carbonyl (C=O) groups excluding carboxylic acids is 1. The Hall–Kier alpha value is -4.53. The Labute approximate surface area is 231 Å². The van der Waals surface area contributed by atoms with E-state index in [2.05, 4.69) is 29.4 Å². The average molecular weight is 519 g/mol. The minimum atomic E-state index is -1.17. The van der Waals surface area contributed by atoms with Gasteiger partial charge in [-0.15, -0.1) is 0 Å². The van der Waals surface area contributed by atoms with Crippen LogP contribution in [0.4, 0.5) is 5.69 Å². The Bertz CT molecular complexity index is 1360. The van der Waals surface area contributed by atoms with Gasteiger partial charge in [0.1, 0.15) is 12.4 Å². The maximum absolute atomic E-state index is 13.7. The maximum atomic E-state index is 13.7. The summed E-state index contributed by atoms with van der Waals surface area (Å²) in [7, 11) is 1.43. The highest BCUT2D eigenvalue weighted by Gasteiger charge is 2.49. The first kappa shape index (κ1) is 27.5. The number of benzene rings is 4. The molecule has 0 saturated heterocycles. The number of hydrogen-bond donors (Lipinski definition) is 2. The second-order valence-corrected chi connectivity index (χ2v) is 9.06. The SMILES string of the molecule is CCCN[C@@](C(=O)OC)(c1ccccc1)[C@@H](Nc1ccc(OCC#Cc2ccccc2)cc1)c1ccccc1. The van der Waals surface area contributed by atoms with E-state index in [0.29, 0.717) is 12.3 Å². The molecule has 39 heavy (non-hydrogen) atoms. The second-order valence-electron chi connectivity index (χ2n) is 9.06. The van der Waals surface area contributed by atoms with Gasteiger partial charge in [0.2, 0.25) is 0 Å². The molecule has 0 unspecified atom stereocenters. The molecule has 0 bridgehead atoms. The van der Waals surface area contributed by atoms with E-state index in [1.165, 1.54) is 7.11 Å². The van der Waals surface area contributed by atoms with Gasteiger partial charge in [-0.05, 0) is 60.5 Å². The monoisotopic (exact) mass is 518 g/mol. The van der Waals surface area contributed by atoms with E-state index in [4.69, 9.17) is 9.47 Å². The molecular weight excluding hydrogens is 484 g/mol. The van der Waals surface area contributed by atoms with Gasteiger partial charge in [0, 0.05) is 11.3 Å². The van der Waals surface area contributed by atoms with E-state index in [9.17, 15) is 4.79 Å². The highest BCUT2D eigenvalue weighted by atomic mass is 16.5. The van der Waals surface area contributed by atoms with Crippen molar-refractivity contribution in [2.45, 2.75) is 24.9 Å². The highest BCUT2D eigenvalue weighted by Crippen LogP contribution is 2.39. The van der Waals surface area contributed by atoms with E-state index in [0.717, 1.165) is 28.8 Å². The molecule has 0 aliphatic heterocycles. The predicted molar refractivity (Wildman–Crippen MR) is 156 cm³/mol. The minimum absolute atomic E-state index is 0.286. The zero-order valence-electron chi connectivity index (χ0n) is 22.4. The second kappa shape index (κ2) is 13.9. The topological polar surface area (TPSA) is 59.6 Å². The first-order valence-corrected chi connectivity index (χ1v) is 13.1. The van der Waals surface area contributed by atoms with Gasteiger partial charge in [-0.2, -0.15) is 0 Å². The van der Waals surface area contributed by atoms with Crippen molar-refractivity contribution < 1.29 is 14.3 Å². The number of hydrogen-bond acceptors (Lipinski definition) is 5. The fourth-order valence-electron chi connectivity index (χ4n) is 4.54. The van der Waals surface area contributed by atoms with Crippen LogP contribution in [0.3, 0.4) is 0 Å². The lowest BCUT2D eigenvalue weighted by molar-refractivity contribution is -0.150. The molecule has 4 aromatic rings. The van der Waals surface area contributed by atoms with Gasteiger partial charge in [0.15, 0.2) is 5.54 Å². The highest BCUT2D eigenvalue weighted by molar-refractivity contribution is 5.85. The van der Waals surface area contributed by atoms with Crippen LogP contribution in [0.15, 0.2) is 115 Å². The Kier molecular flexibility index (Phi) is 9.77. The van der Waals surface area contributed by atoms with Crippen molar-refractivity contribution in [3.8, 4) is 17.6 Å². The summed E-state index contributed by atoms with van der Waals surface area (Å²) in [6.07, 6.45) is 0.853. The molecule has 0 aromatic heterocycles. The predicted octanol–water partition coefficient (Wildman–Crippen LogP) is 6.34. The van der Waals surface area contributed by atoms with E-state index in [1.54, 1.807) is 0 Å². The van der Waals surface area contributed by atoms with Gasteiger partial charge in [0.25, 0.3) is 0 Å². The van der Waals surface area contributed by atoms with Gasteiger partial charge < -0.3 is 14.8 Å². The Morgan fingerprint density at radius 1 is 0.846 bits per heavy atom. The molecule has 0 saturated carbocycles. The number of methoxy groups -OCH3 is 1. The summed E-state index contributed by atoms with van der Waals surface area (Å²) in [5.74, 6) is 6.50. The number of esters is 1. The quantitative estimate of drug-likeness (QED) is 0.179. The van der Waals surface area contributed by atoms with E-state index >= 15 is 0 Å². The number of rotatable bonds is 11. The summed E-state index contributed by atoms with van der Waals surface area (Å²) < 4.78 is 11.3. The average Bonchev–Trinajstić information content (AvgIpc) is 3.01. The summed E-state index contributed by atoms with van der Waals surface area (Å²) >= 11 is 0. The molecule has 0 amide bonds. The number of ether oxygens (including phenoxy) is 2. The van der Waals surface area contributed by atoms with Crippen LogP contribution >= 0.6 is 0 Å². The van der Waals surface area contributed by atoms with Crippen LogP contribution in [0.2, 0.25) is 0 Å². The fraction of sp³-hybridized carbons (Fsp3) is 0.206. The molecular formula is C34H34N2O3. The first-order valence-electron chi connectivity index (χ1n) is 13.1. The van der Waals surface area contributed by atoms with Crippen molar-refractivity contribution in [3.05, 3.63) is 132 Å². The fourth-order valence-corrected chi connectivity index (χ4v) is 4.54. The maximum Gasteiger partial charge on any atom is 0.333 e. The van der Waals surface area contributed by atoms with Crippen molar-refractivity contribution in [1.82, 2.24) is 5.32 Å². The molecule has 2 atom stereocenters. The lowest BCUT2D eigenvalue weighted by atomic mass is 9.78. The van der Waals surface area contributed by atoms with Crippen molar-refractivity contribution in [3.63, 3.8) is 0 Å².